The van der Waals surface area contributed by atoms with Gasteiger partial charge in [0.1, 0.15) is 0 Å². The quantitative estimate of drug-likeness (QED) is 0.874. The van der Waals surface area contributed by atoms with Gasteiger partial charge in [-0.1, -0.05) is 20.8 Å². The van der Waals surface area contributed by atoms with E-state index in [2.05, 4.69) is 39.6 Å². The molecular weight excluding hydrogens is 222 g/mol. The molecule has 1 aromatic rings. The number of aliphatic hydroxyl groups is 1. The van der Waals surface area contributed by atoms with E-state index in [0.29, 0.717) is 5.92 Å². The Labute approximate surface area is 111 Å². The number of hydrogen-bond acceptors (Lipinski definition) is 2. The van der Waals surface area contributed by atoms with Gasteiger partial charge < -0.3 is 5.11 Å². The maximum absolute atomic E-state index is 10.6. The molecule has 0 saturated carbocycles. The minimum atomic E-state index is -0.404. The van der Waals surface area contributed by atoms with E-state index in [1.54, 1.807) is 0 Å². The summed E-state index contributed by atoms with van der Waals surface area (Å²) in [5, 5.41) is 10.6. The Kier molecular flexibility index (Phi) is 4.92. The van der Waals surface area contributed by atoms with Crippen LogP contribution in [0.3, 0.4) is 0 Å². The topological polar surface area (TPSA) is 33.1 Å². The number of rotatable bonds is 4. The molecule has 2 atom stereocenters. The molecule has 2 heteroatoms. The summed E-state index contributed by atoms with van der Waals surface area (Å²) in [6, 6.07) is 0. The summed E-state index contributed by atoms with van der Waals surface area (Å²) in [4.78, 5) is 4.56. The molecule has 1 heterocycles. The number of aromatic nitrogens is 1. The fourth-order valence-corrected chi connectivity index (χ4v) is 2.73. The average Bonchev–Trinajstić information content (AvgIpc) is 2.25. The van der Waals surface area contributed by atoms with Gasteiger partial charge in [0.25, 0.3) is 0 Å². The molecule has 0 saturated heterocycles. The summed E-state index contributed by atoms with van der Waals surface area (Å²) in [7, 11) is 0. The molecule has 0 aliphatic heterocycles. The van der Waals surface area contributed by atoms with E-state index in [0.717, 1.165) is 23.4 Å². The molecule has 2 unspecified atom stereocenters. The highest BCUT2D eigenvalue weighted by atomic mass is 16.3. The Morgan fingerprint density at radius 1 is 0.944 bits per heavy atom. The maximum Gasteiger partial charge on any atom is 0.0835 e. The van der Waals surface area contributed by atoms with Crippen molar-refractivity contribution < 1.29 is 5.11 Å². The summed E-state index contributed by atoms with van der Waals surface area (Å²) < 4.78 is 0. The molecule has 0 aromatic carbocycles. The normalized spacial score (nSPS) is 14.9. The Hall–Kier alpha value is -0.890. The van der Waals surface area contributed by atoms with Gasteiger partial charge in [-0.2, -0.15) is 0 Å². The van der Waals surface area contributed by atoms with E-state index in [4.69, 9.17) is 0 Å². The van der Waals surface area contributed by atoms with Gasteiger partial charge in [0.05, 0.1) is 6.10 Å². The lowest BCUT2D eigenvalue weighted by molar-refractivity contribution is 0.103. The first-order valence-corrected chi connectivity index (χ1v) is 6.88. The van der Waals surface area contributed by atoms with Crippen LogP contribution in [0.25, 0.3) is 0 Å². The summed E-state index contributed by atoms with van der Waals surface area (Å²) in [5.41, 5.74) is 5.47. The molecule has 0 spiro atoms. The van der Waals surface area contributed by atoms with Gasteiger partial charge in [0, 0.05) is 17.0 Å². The second-order valence-electron chi connectivity index (χ2n) is 6.00. The molecule has 0 fully saturated rings. The molecule has 0 aliphatic carbocycles. The van der Waals surface area contributed by atoms with Crippen molar-refractivity contribution in [2.24, 2.45) is 11.8 Å². The molecule has 1 aromatic heterocycles. The molecule has 1 N–H and O–H groups in total. The summed E-state index contributed by atoms with van der Waals surface area (Å²) in [5.74, 6) is 0.876. The third kappa shape index (κ3) is 3.11. The van der Waals surface area contributed by atoms with Gasteiger partial charge in [-0.25, -0.2) is 0 Å². The van der Waals surface area contributed by atoms with E-state index in [1.165, 1.54) is 11.1 Å². The van der Waals surface area contributed by atoms with Crippen LogP contribution in [0.15, 0.2) is 0 Å². The molecule has 0 aliphatic rings. The second-order valence-corrected chi connectivity index (χ2v) is 6.00. The summed E-state index contributed by atoms with van der Waals surface area (Å²) in [6.07, 6.45) is 0.631. The van der Waals surface area contributed by atoms with E-state index < -0.39 is 6.10 Å². The zero-order chi connectivity index (χ0) is 14.0. The highest BCUT2D eigenvalue weighted by Crippen LogP contribution is 2.32. The molecule has 2 nitrogen and oxygen atoms in total. The Morgan fingerprint density at radius 2 is 1.50 bits per heavy atom. The number of pyridine rings is 1. The highest BCUT2D eigenvalue weighted by molar-refractivity contribution is 5.39. The molecule has 102 valence electrons. The fourth-order valence-electron chi connectivity index (χ4n) is 2.73. The van der Waals surface area contributed by atoms with Gasteiger partial charge >= 0.3 is 0 Å². The fraction of sp³-hybridized carbons (Fsp3) is 0.688. The van der Waals surface area contributed by atoms with Crippen molar-refractivity contribution in [3.63, 3.8) is 0 Å². The predicted molar refractivity (Wildman–Crippen MR) is 76.8 cm³/mol. The van der Waals surface area contributed by atoms with Crippen LogP contribution in [0.5, 0.6) is 0 Å². The monoisotopic (exact) mass is 249 g/mol. The lowest BCUT2D eigenvalue weighted by Crippen LogP contribution is -2.16. The summed E-state index contributed by atoms with van der Waals surface area (Å²) >= 11 is 0. The lowest BCUT2D eigenvalue weighted by atomic mass is 9.86. The first kappa shape index (κ1) is 15.2. The van der Waals surface area contributed by atoms with Gasteiger partial charge in [-0.15, -0.1) is 0 Å². The van der Waals surface area contributed by atoms with Gasteiger partial charge in [0.2, 0.25) is 0 Å². The third-order valence-corrected chi connectivity index (χ3v) is 3.91. The second kappa shape index (κ2) is 5.83. The SMILES string of the molecule is Cc1nc(C)c(C(O)C(C)CC(C)C)c(C)c1C. The van der Waals surface area contributed by atoms with Crippen molar-refractivity contribution in [1.82, 2.24) is 4.98 Å². The number of aliphatic hydroxyl groups excluding tert-OH is 1. The molecular formula is C16H27NO. The summed E-state index contributed by atoms with van der Waals surface area (Å²) in [6.45, 7) is 14.7. The Bertz CT molecular complexity index is 424. The number of aryl methyl sites for hydroxylation is 2. The van der Waals surface area contributed by atoms with E-state index in [1.807, 2.05) is 13.8 Å². The van der Waals surface area contributed by atoms with Crippen molar-refractivity contribution in [3.05, 3.63) is 28.1 Å². The largest absolute Gasteiger partial charge is 0.388 e. The smallest absolute Gasteiger partial charge is 0.0835 e. The van der Waals surface area contributed by atoms with Crippen LogP contribution >= 0.6 is 0 Å². The minimum absolute atomic E-state index is 0.270. The van der Waals surface area contributed by atoms with Crippen molar-refractivity contribution in [2.45, 2.75) is 61.0 Å². The van der Waals surface area contributed by atoms with E-state index in [-0.39, 0.29) is 5.92 Å². The molecule has 0 amide bonds. The Morgan fingerprint density at radius 3 is 2.00 bits per heavy atom. The lowest BCUT2D eigenvalue weighted by Gasteiger charge is -2.25. The van der Waals surface area contributed by atoms with Gasteiger partial charge in [-0.05, 0) is 57.1 Å². The Balaban J connectivity index is 3.13. The van der Waals surface area contributed by atoms with Crippen LogP contribution in [-0.4, -0.2) is 10.1 Å². The number of hydrogen-bond donors (Lipinski definition) is 1. The minimum Gasteiger partial charge on any atom is -0.388 e. The highest BCUT2D eigenvalue weighted by Gasteiger charge is 2.23. The zero-order valence-electron chi connectivity index (χ0n) is 12.8. The predicted octanol–water partition coefficient (Wildman–Crippen LogP) is 4.03. The average molecular weight is 249 g/mol. The van der Waals surface area contributed by atoms with Crippen LogP contribution in [-0.2, 0) is 0 Å². The zero-order valence-corrected chi connectivity index (χ0v) is 12.8. The standard InChI is InChI=1S/C16H27NO/c1-9(2)8-10(3)16(18)15-12(5)11(4)13(6)17-14(15)7/h9-10,16,18H,8H2,1-7H3. The van der Waals surface area contributed by atoms with Gasteiger partial charge in [0.15, 0.2) is 0 Å². The van der Waals surface area contributed by atoms with Gasteiger partial charge in [-0.3, -0.25) is 4.98 Å². The molecule has 18 heavy (non-hydrogen) atoms. The van der Waals surface area contributed by atoms with Crippen LogP contribution in [0.1, 0.15) is 61.4 Å². The number of nitrogens with zero attached hydrogens (tertiary/aromatic N) is 1. The molecule has 0 bridgehead atoms. The van der Waals surface area contributed by atoms with Crippen LogP contribution in [0.4, 0.5) is 0 Å². The first-order chi connectivity index (χ1) is 8.25. The van der Waals surface area contributed by atoms with E-state index in [9.17, 15) is 5.11 Å². The van der Waals surface area contributed by atoms with Crippen molar-refractivity contribution in [2.75, 3.05) is 0 Å². The third-order valence-electron chi connectivity index (χ3n) is 3.91. The first-order valence-electron chi connectivity index (χ1n) is 6.88. The maximum atomic E-state index is 10.6. The van der Waals surface area contributed by atoms with Crippen molar-refractivity contribution in [3.8, 4) is 0 Å². The van der Waals surface area contributed by atoms with Crippen LogP contribution < -0.4 is 0 Å². The van der Waals surface area contributed by atoms with Crippen LogP contribution in [0, 0.1) is 39.5 Å². The van der Waals surface area contributed by atoms with E-state index >= 15 is 0 Å². The molecule has 0 radical (unpaired) electrons. The van der Waals surface area contributed by atoms with Crippen LogP contribution in [0.2, 0.25) is 0 Å². The molecule has 1 rings (SSSR count). The van der Waals surface area contributed by atoms with Crippen molar-refractivity contribution in [1.29, 1.82) is 0 Å². The van der Waals surface area contributed by atoms with Crippen molar-refractivity contribution >= 4 is 0 Å².